The number of carbonyl (C=O) groups is 1. The molecular formula is C14H15ClF3NO. The van der Waals surface area contributed by atoms with Gasteiger partial charge in [-0.3, -0.25) is 4.79 Å². The number of hydrogen-bond acceptors (Lipinski definition) is 2. The summed E-state index contributed by atoms with van der Waals surface area (Å²) in [6.07, 6.45) is -2.95. The molecule has 1 saturated carbocycles. The maximum atomic E-state index is 13.0. The van der Waals surface area contributed by atoms with Crippen molar-refractivity contribution >= 4 is 23.1 Å². The first-order chi connectivity index (χ1) is 9.30. The van der Waals surface area contributed by atoms with E-state index >= 15 is 0 Å². The topological polar surface area (TPSA) is 43.1 Å². The van der Waals surface area contributed by atoms with Crippen LogP contribution in [0.1, 0.15) is 36.0 Å². The van der Waals surface area contributed by atoms with E-state index in [0.717, 1.165) is 0 Å². The van der Waals surface area contributed by atoms with Gasteiger partial charge in [0.1, 0.15) is 0 Å². The van der Waals surface area contributed by atoms with Crippen LogP contribution < -0.4 is 5.73 Å². The molecule has 0 aromatic heterocycles. The van der Waals surface area contributed by atoms with Crippen molar-refractivity contribution in [3.8, 4) is 0 Å². The fraction of sp³-hybridized carbons (Fsp3) is 0.500. The molecule has 2 unspecified atom stereocenters. The summed E-state index contributed by atoms with van der Waals surface area (Å²) in [6, 6.07) is 4.27. The molecule has 0 bridgehead atoms. The molecule has 2 atom stereocenters. The maximum Gasteiger partial charge on any atom is 0.392 e. The number of anilines is 1. The molecule has 2 N–H and O–H groups in total. The summed E-state index contributed by atoms with van der Waals surface area (Å²) in [5.41, 5.74) is 6.03. The van der Waals surface area contributed by atoms with Crippen molar-refractivity contribution in [1.29, 1.82) is 0 Å². The highest BCUT2D eigenvalue weighted by Gasteiger charge is 2.48. The summed E-state index contributed by atoms with van der Waals surface area (Å²) in [5, 5.41) is 0.112. The Morgan fingerprint density at radius 1 is 1.25 bits per heavy atom. The van der Waals surface area contributed by atoms with Gasteiger partial charge in [-0.1, -0.05) is 24.4 Å². The van der Waals surface area contributed by atoms with E-state index in [1.54, 1.807) is 0 Å². The molecule has 1 aromatic carbocycles. The van der Waals surface area contributed by atoms with Crippen LogP contribution in [-0.2, 0) is 0 Å². The lowest BCUT2D eigenvalue weighted by Crippen LogP contribution is -2.37. The van der Waals surface area contributed by atoms with Crippen LogP contribution in [0.4, 0.5) is 18.9 Å². The molecule has 0 aliphatic heterocycles. The Labute approximate surface area is 120 Å². The predicted octanol–water partition coefficient (Wildman–Crippen LogP) is 4.47. The van der Waals surface area contributed by atoms with Gasteiger partial charge in [0.05, 0.1) is 10.9 Å². The van der Waals surface area contributed by atoms with Crippen molar-refractivity contribution in [3.63, 3.8) is 0 Å². The van der Waals surface area contributed by atoms with Gasteiger partial charge in [0.25, 0.3) is 0 Å². The van der Waals surface area contributed by atoms with E-state index in [2.05, 4.69) is 0 Å². The molecule has 1 fully saturated rings. The Balaban J connectivity index is 2.30. The minimum absolute atomic E-state index is 0.00645. The molecule has 2 rings (SSSR count). The van der Waals surface area contributed by atoms with E-state index < -0.39 is 23.8 Å². The highest BCUT2D eigenvalue weighted by atomic mass is 35.5. The van der Waals surface area contributed by atoms with Crippen molar-refractivity contribution < 1.29 is 18.0 Å². The summed E-state index contributed by atoms with van der Waals surface area (Å²) in [7, 11) is 0. The zero-order chi connectivity index (χ0) is 14.9. The van der Waals surface area contributed by atoms with Gasteiger partial charge in [-0.25, -0.2) is 0 Å². The van der Waals surface area contributed by atoms with Gasteiger partial charge in [-0.2, -0.15) is 13.2 Å². The van der Waals surface area contributed by atoms with Gasteiger partial charge in [0.15, 0.2) is 5.78 Å². The Morgan fingerprint density at radius 3 is 2.50 bits per heavy atom. The van der Waals surface area contributed by atoms with Gasteiger partial charge < -0.3 is 5.73 Å². The smallest absolute Gasteiger partial charge is 0.392 e. The average Bonchev–Trinajstić information content (AvgIpc) is 2.37. The third-order valence-corrected chi connectivity index (χ3v) is 4.09. The fourth-order valence-electron chi connectivity index (χ4n) is 2.77. The SMILES string of the molecule is Nc1ccc(C(=O)C2CCCCC2C(F)(F)F)c(Cl)c1. The van der Waals surface area contributed by atoms with Crippen molar-refractivity contribution in [2.75, 3.05) is 5.73 Å². The lowest BCUT2D eigenvalue weighted by Gasteiger charge is -2.32. The molecule has 0 radical (unpaired) electrons. The van der Waals surface area contributed by atoms with E-state index in [1.807, 2.05) is 0 Å². The Morgan fingerprint density at radius 2 is 1.90 bits per heavy atom. The number of halogens is 4. The van der Waals surface area contributed by atoms with Crippen LogP contribution >= 0.6 is 11.6 Å². The Bertz CT molecular complexity index is 516. The first-order valence-electron chi connectivity index (χ1n) is 6.46. The van der Waals surface area contributed by atoms with Gasteiger partial charge in [-0.15, -0.1) is 0 Å². The van der Waals surface area contributed by atoms with Crippen LogP contribution in [0.25, 0.3) is 0 Å². The number of rotatable bonds is 2. The number of hydrogen-bond donors (Lipinski definition) is 1. The number of ketones is 1. The van der Waals surface area contributed by atoms with E-state index in [9.17, 15) is 18.0 Å². The number of Topliss-reactive ketones (excluding diaryl/α,β-unsaturated/α-hetero) is 1. The second-order valence-corrected chi connectivity index (χ2v) is 5.55. The third-order valence-electron chi connectivity index (χ3n) is 3.78. The third kappa shape index (κ3) is 3.08. The lowest BCUT2D eigenvalue weighted by molar-refractivity contribution is -0.190. The van der Waals surface area contributed by atoms with Crippen molar-refractivity contribution in [2.45, 2.75) is 31.9 Å². The average molecular weight is 306 g/mol. The van der Waals surface area contributed by atoms with E-state index in [4.69, 9.17) is 17.3 Å². The van der Waals surface area contributed by atoms with E-state index in [-0.39, 0.29) is 23.4 Å². The monoisotopic (exact) mass is 305 g/mol. The van der Waals surface area contributed by atoms with Gasteiger partial charge in [0, 0.05) is 17.2 Å². The largest absolute Gasteiger partial charge is 0.399 e. The minimum Gasteiger partial charge on any atom is -0.399 e. The highest BCUT2D eigenvalue weighted by Crippen LogP contribution is 2.43. The molecule has 1 aromatic rings. The van der Waals surface area contributed by atoms with Crippen LogP contribution in [0.15, 0.2) is 18.2 Å². The Kier molecular flexibility index (Phi) is 4.28. The van der Waals surface area contributed by atoms with Crippen LogP contribution in [0.5, 0.6) is 0 Å². The van der Waals surface area contributed by atoms with Crippen molar-refractivity contribution in [3.05, 3.63) is 28.8 Å². The molecule has 1 aliphatic rings. The first-order valence-corrected chi connectivity index (χ1v) is 6.84. The van der Waals surface area contributed by atoms with Crippen LogP contribution in [0, 0.1) is 11.8 Å². The van der Waals surface area contributed by atoms with Crippen LogP contribution in [-0.4, -0.2) is 12.0 Å². The summed E-state index contributed by atoms with van der Waals surface area (Å²) < 4.78 is 39.1. The van der Waals surface area contributed by atoms with E-state index in [1.165, 1.54) is 18.2 Å². The molecule has 110 valence electrons. The van der Waals surface area contributed by atoms with Crippen LogP contribution in [0.3, 0.4) is 0 Å². The predicted molar refractivity (Wildman–Crippen MR) is 71.7 cm³/mol. The number of carbonyl (C=O) groups excluding carboxylic acids is 1. The summed E-state index contributed by atoms with van der Waals surface area (Å²) in [5.74, 6) is -3.14. The van der Waals surface area contributed by atoms with Gasteiger partial charge >= 0.3 is 6.18 Å². The maximum absolute atomic E-state index is 13.0. The second kappa shape index (κ2) is 5.64. The zero-order valence-corrected chi connectivity index (χ0v) is 11.5. The quantitative estimate of drug-likeness (QED) is 0.647. The fourth-order valence-corrected chi connectivity index (χ4v) is 3.05. The molecule has 0 heterocycles. The number of alkyl halides is 3. The summed E-state index contributed by atoms with van der Waals surface area (Å²) in [4.78, 5) is 12.4. The summed E-state index contributed by atoms with van der Waals surface area (Å²) in [6.45, 7) is 0. The van der Waals surface area contributed by atoms with Crippen molar-refractivity contribution in [1.82, 2.24) is 0 Å². The zero-order valence-electron chi connectivity index (χ0n) is 10.7. The van der Waals surface area contributed by atoms with Gasteiger partial charge in [0.2, 0.25) is 0 Å². The number of nitrogen functional groups attached to an aromatic ring is 1. The molecule has 0 saturated heterocycles. The lowest BCUT2D eigenvalue weighted by atomic mass is 9.75. The van der Waals surface area contributed by atoms with Crippen LogP contribution in [0.2, 0.25) is 5.02 Å². The first kappa shape index (κ1) is 15.2. The number of benzene rings is 1. The standard InChI is InChI=1S/C14H15ClF3NO/c15-12-7-8(19)5-6-10(12)13(20)9-3-1-2-4-11(9)14(16,17)18/h5-7,9,11H,1-4,19H2. The molecule has 6 heteroatoms. The second-order valence-electron chi connectivity index (χ2n) is 5.14. The molecule has 20 heavy (non-hydrogen) atoms. The molecule has 0 spiro atoms. The van der Waals surface area contributed by atoms with E-state index in [0.29, 0.717) is 18.5 Å². The minimum atomic E-state index is -4.35. The normalized spacial score (nSPS) is 23.6. The van der Waals surface area contributed by atoms with Gasteiger partial charge in [-0.05, 0) is 31.0 Å². The molecule has 0 amide bonds. The molecular weight excluding hydrogens is 291 g/mol. The van der Waals surface area contributed by atoms with Crippen molar-refractivity contribution in [2.24, 2.45) is 11.8 Å². The Hall–Kier alpha value is -1.23. The summed E-state index contributed by atoms with van der Waals surface area (Å²) >= 11 is 5.92. The highest BCUT2D eigenvalue weighted by molar-refractivity contribution is 6.34. The molecule has 1 aliphatic carbocycles. The molecule has 2 nitrogen and oxygen atoms in total. The number of nitrogens with two attached hydrogens (primary N) is 1.